The molecule has 166 valence electrons. The summed E-state index contributed by atoms with van der Waals surface area (Å²) in [7, 11) is 0. The second-order valence-electron chi connectivity index (χ2n) is 8.39. The molecule has 3 N–H and O–H groups in total. The first-order valence-corrected chi connectivity index (χ1v) is 11.0. The Morgan fingerprint density at radius 1 is 1.19 bits per heavy atom. The molecular formula is C26H28FN3O2. The van der Waals surface area contributed by atoms with Crippen LogP contribution in [0.4, 0.5) is 10.1 Å². The fourth-order valence-corrected chi connectivity index (χ4v) is 4.33. The number of hydrogen-bond acceptors (Lipinski definition) is 4. The van der Waals surface area contributed by atoms with Crippen molar-refractivity contribution in [3.63, 3.8) is 0 Å². The molecule has 0 spiro atoms. The average molecular weight is 434 g/mol. The number of fused-ring (bicyclic) bond motifs is 1. The topological polar surface area (TPSA) is 74.2 Å². The van der Waals surface area contributed by atoms with Crippen LogP contribution in [-0.2, 0) is 17.6 Å². The maximum absolute atomic E-state index is 13.5. The normalized spacial score (nSPS) is 17.1. The van der Waals surface area contributed by atoms with Crippen LogP contribution >= 0.6 is 0 Å². The van der Waals surface area contributed by atoms with Crippen molar-refractivity contribution in [2.24, 2.45) is 5.92 Å². The number of halogens is 1. The van der Waals surface area contributed by atoms with Crippen molar-refractivity contribution >= 4 is 11.7 Å². The summed E-state index contributed by atoms with van der Waals surface area (Å²) in [6.07, 6.45) is 2.84. The lowest BCUT2D eigenvalue weighted by molar-refractivity contribution is -0.138. The van der Waals surface area contributed by atoms with Crippen LogP contribution in [0.3, 0.4) is 0 Å². The van der Waals surface area contributed by atoms with E-state index in [9.17, 15) is 14.3 Å². The summed E-state index contributed by atoms with van der Waals surface area (Å²) >= 11 is 0. The summed E-state index contributed by atoms with van der Waals surface area (Å²) in [5.74, 6) is -1.40. The summed E-state index contributed by atoms with van der Waals surface area (Å²) in [6, 6.07) is 19.8. The number of pyridine rings is 1. The fourth-order valence-electron chi connectivity index (χ4n) is 4.33. The van der Waals surface area contributed by atoms with Crippen molar-refractivity contribution in [2.75, 3.05) is 18.4 Å². The minimum atomic E-state index is -0.817. The quantitative estimate of drug-likeness (QED) is 0.485. The molecule has 1 unspecified atom stereocenters. The summed E-state index contributed by atoms with van der Waals surface area (Å²) in [6.45, 7) is 3.19. The van der Waals surface area contributed by atoms with E-state index < -0.39 is 11.9 Å². The molecule has 5 nitrogen and oxygen atoms in total. The van der Waals surface area contributed by atoms with E-state index in [1.807, 2.05) is 42.5 Å². The first-order chi connectivity index (χ1) is 15.5. The predicted molar refractivity (Wildman–Crippen MR) is 123 cm³/mol. The Labute approximate surface area is 187 Å². The molecule has 1 aliphatic heterocycles. The second kappa shape index (κ2) is 9.92. The van der Waals surface area contributed by atoms with Gasteiger partial charge in [0.1, 0.15) is 5.82 Å². The lowest BCUT2D eigenvalue weighted by atomic mass is 9.86. The molecule has 1 aliphatic rings. The minimum Gasteiger partial charge on any atom is -0.481 e. The Morgan fingerprint density at radius 2 is 1.97 bits per heavy atom. The number of benzene rings is 2. The molecule has 0 saturated heterocycles. The fraction of sp³-hybridized carbons (Fsp3) is 0.308. The molecule has 4 rings (SSSR count). The van der Waals surface area contributed by atoms with Gasteiger partial charge in [0.2, 0.25) is 0 Å². The molecular weight excluding hydrogens is 405 g/mol. The molecule has 0 bridgehead atoms. The van der Waals surface area contributed by atoms with E-state index >= 15 is 0 Å². The maximum Gasteiger partial charge on any atom is 0.310 e. The van der Waals surface area contributed by atoms with Crippen molar-refractivity contribution in [3.8, 4) is 0 Å². The van der Waals surface area contributed by atoms with Crippen molar-refractivity contribution in [1.82, 2.24) is 10.3 Å². The van der Waals surface area contributed by atoms with Gasteiger partial charge in [-0.25, -0.2) is 4.39 Å². The molecule has 6 heteroatoms. The highest BCUT2D eigenvalue weighted by Crippen LogP contribution is 2.31. The zero-order valence-corrected chi connectivity index (χ0v) is 18.1. The van der Waals surface area contributed by atoms with Gasteiger partial charge in [0, 0.05) is 24.6 Å². The molecule has 2 aromatic carbocycles. The molecule has 2 heterocycles. The Hall–Kier alpha value is -3.25. The van der Waals surface area contributed by atoms with Crippen molar-refractivity contribution in [3.05, 3.63) is 95.1 Å². The van der Waals surface area contributed by atoms with E-state index in [0.29, 0.717) is 0 Å². The zero-order chi connectivity index (χ0) is 22.5. The number of nitrogens with zero attached hydrogens (tertiary/aromatic N) is 1. The molecule has 32 heavy (non-hydrogen) atoms. The summed E-state index contributed by atoms with van der Waals surface area (Å²) in [4.78, 5) is 15.6. The number of aliphatic carboxylic acids is 1. The van der Waals surface area contributed by atoms with Crippen LogP contribution < -0.4 is 10.6 Å². The van der Waals surface area contributed by atoms with Gasteiger partial charge in [-0.3, -0.25) is 9.78 Å². The minimum absolute atomic E-state index is 0.116. The van der Waals surface area contributed by atoms with E-state index in [1.165, 1.54) is 17.8 Å². The number of anilines is 1. The highest BCUT2D eigenvalue weighted by molar-refractivity contribution is 5.75. The Kier molecular flexibility index (Phi) is 6.81. The number of nitrogens with one attached hydrogen (secondary N) is 2. The largest absolute Gasteiger partial charge is 0.481 e. The van der Waals surface area contributed by atoms with Gasteiger partial charge in [0.15, 0.2) is 0 Å². The monoisotopic (exact) mass is 433 g/mol. The number of carboxylic acid groups (broad SMARTS) is 1. The van der Waals surface area contributed by atoms with Crippen LogP contribution in [0, 0.1) is 11.7 Å². The summed E-state index contributed by atoms with van der Waals surface area (Å²) in [5, 5.41) is 16.3. The van der Waals surface area contributed by atoms with E-state index in [1.54, 1.807) is 6.92 Å². The van der Waals surface area contributed by atoms with E-state index in [-0.39, 0.29) is 17.8 Å². The second-order valence-corrected chi connectivity index (χ2v) is 8.39. The third-order valence-electron chi connectivity index (χ3n) is 6.18. The van der Waals surface area contributed by atoms with Gasteiger partial charge in [-0.1, -0.05) is 54.6 Å². The van der Waals surface area contributed by atoms with Crippen LogP contribution in [0.25, 0.3) is 0 Å². The van der Waals surface area contributed by atoms with Gasteiger partial charge in [0.05, 0.1) is 23.5 Å². The van der Waals surface area contributed by atoms with Gasteiger partial charge in [-0.2, -0.15) is 0 Å². The SMILES string of the molecule is CC(C(=O)O)c1cccc(CCN[C@H](c2ccccc2)[C@H]2CNc3cc(F)cnc3C2)c1. The standard InChI is InChI=1S/C26H28FN3O2/c1-17(26(31)32)20-9-5-6-18(12-20)10-11-28-25(19-7-3-2-4-8-19)21-13-23-24(29-15-21)14-22(27)16-30-23/h2-9,12,14,16-17,21,25,28-29H,10-11,13,15H2,1H3,(H,31,32)/t17?,21-,25-/m1/s1. The highest BCUT2D eigenvalue weighted by atomic mass is 19.1. The first kappa shape index (κ1) is 22.0. The van der Waals surface area contributed by atoms with Crippen molar-refractivity contribution in [2.45, 2.75) is 31.7 Å². The maximum atomic E-state index is 13.5. The van der Waals surface area contributed by atoms with Gasteiger partial charge in [-0.05, 0) is 43.0 Å². The molecule has 0 fully saturated rings. The number of hydrogen-bond donors (Lipinski definition) is 3. The smallest absolute Gasteiger partial charge is 0.310 e. The zero-order valence-electron chi connectivity index (χ0n) is 18.1. The molecule has 3 aromatic rings. The third kappa shape index (κ3) is 5.14. The van der Waals surface area contributed by atoms with Crippen LogP contribution in [0.5, 0.6) is 0 Å². The third-order valence-corrected chi connectivity index (χ3v) is 6.18. The Morgan fingerprint density at radius 3 is 2.75 bits per heavy atom. The Bertz CT molecular complexity index is 1070. The van der Waals surface area contributed by atoms with E-state index in [2.05, 4.69) is 27.8 Å². The summed E-state index contributed by atoms with van der Waals surface area (Å²) in [5.41, 5.74) is 4.80. The first-order valence-electron chi connectivity index (χ1n) is 11.0. The molecule has 0 saturated carbocycles. The Balaban J connectivity index is 1.46. The predicted octanol–water partition coefficient (Wildman–Crippen LogP) is 4.57. The van der Waals surface area contributed by atoms with Gasteiger partial charge < -0.3 is 15.7 Å². The number of carboxylic acids is 1. The number of rotatable bonds is 8. The molecule has 0 amide bonds. The van der Waals surface area contributed by atoms with Gasteiger partial charge in [0.25, 0.3) is 0 Å². The molecule has 0 radical (unpaired) electrons. The van der Waals surface area contributed by atoms with E-state index in [4.69, 9.17) is 0 Å². The lowest BCUT2D eigenvalue weighted by Crippen LogP contribution is -2.37. The lowest BCUT2D eigenvalue weighted by Gasteiger charge is -2.33. The van der Waals surface area contributed by atoms with Crippen LogP contribution in [0.15, 0.2) is 66.9 Å². The number of aromatic nitrogens is 1. The summed E-state index contributed by atoms with van der Waals surface area (Å²) < 4.78 is 13.5. The van der Waals surface area contributed by atoms with Crippen molar-refractivity contribution < 1.29 is 14.3 Å². The van der Waals surface area contributed by atoms with E-state index in [0.717, 1.165) is 48.4 Å². The van der Waals surface area contributed by atoms with Gasteiger partial charge >= 0.3 is 5.97 Å². The van der Waals surface area contributed by atoms with Crippen LogP contribution in [-0.4, -0.2) is 29.1 Å². The highest BCUT2D eigenvalue weighted by Gasteiger charge is 2.28. The number of carbonyl (C=O) groups is 1. The van der Waals surface area contributed by atoms with Crippen molar-refractivity contribution in [1.29, 1.82) is 0 Å². The van der Waals surface area contributed by atoms with Crippen LogP contribution in [0.2, 0.25) is 0 Å². The average Bonchev–Trinajstić information content (AvgIpc) is 2.82. The molecule has 1 aromatic heterocycles. The van der Waals surface area contributed by atoms with Crippen LogP contribution in [0.1, 0.15) is 41.3 Å². The van der Waals surface area contributed by atoms with Gasteiger partial charge in [-0.15, -0.1) is 0 Å². The molecule has 3 atom stereocenters. The molecule has 0 aliphatic carbocycles.